The fourth-order valence-corrected chi connectivity index (χ4v) is 4.15. The molecule has 1 aromatic heterocycles. The van der Waals surface area contributed by atoms with Gasteiger partial charge in [0.05, 0.1) is 0 Å². The Balaban J connectivity index is 2.39. The van der Waals surface area contributed by atoms with Crippen molar-refractivity contribution in [3.05, 3.63) is 39.7 Å². The molecule has 0 saturated carbocycles. The van der Waals surface area contributed by atoms with Gasteiger partial charge in [-0.2, -0.15) is 0 Å². The zero-order valence-corrected chi connectivity index (χ0v) is 11.0. The van der Waals surface area contributed by atoms with Gasteiger partial charge in [-0.3, -0.25) is 0 Å². The summed E-state index contributed by atoms with van der Waals surface area (Å²) in [6, 6.07) is 10.3. The van der Waals surface area contributed by atoms with Crippen molar-refractivity contribution in [1.82, 2.24) is 0 Å². The van der Waals surface area contributed by atoms with E-state index in [1.165, 1.54) is 14.5 Å². The molecule has 0 N–H and O–H groups in total. The Hall–Kier alpha value is -0.501. The Kier molecular flexibility index (Phi) is 3.12. The van der Waals surface area contributed by atoms with E-state index >= 15 is 0 Å². The van der Waals surface area contributed by atoms with Crippen molar-refractivity contribution in [3.63, 3.8) is 0 Å². The van der Waals surface area contributed by atoms with Gasteiger partial charge in [0.1, 0.15) is 0 Å². The van der Waals surface area contributed by atoms with Gasteiger partial charge in [0, 0.05) is 0 Å². The van der Waals surface area contributed by atoms with Crippen LogP contribution in [0, 0.1) is 0 Å². The summed E-state index contributed by atoms with van der Waals surface area (Å²) in [5, 5.41) is 0. The monoisotopic (exact) mass is 316 g/mol. The van der Waals surface area contributed by atoms with Crippen LogP contribution < -0.4 is 4.74 Å². The summed E-state index contributed by atoms with van der Waals surface area (Å²) in [5.74, 6) is 0.906. The van der Waals surface area contributed by atoms with E-state index in [9.17, 15) is 0 Å². The average Bonchev–Trinajstić information content (AvgIpc) is 2.65. The summed E-state index contributed by atoms with van der Waals surface area (Å²) in [7, 11) is 1.69. The molecule has 0 aliphatic heterocycles. The number of hydrogen-bond donors (Lipinski definition) is 0. The van der Waals surface area contributed by atoms with Crippen molar-refractivity contribution in [2.75, 3.05) is 7.11 Å². The molecule has 1 heterocycles. The SMILES string of the molecule is COc1ccc(-c2[se]ccc2Br)cc1. The molecule has 0 bridgehead atoms. The second-order valence-electron chi connectivity index (χ2n) is 2.83. The van der Waals surface area contributed by atoms with E-state index in [1.54, 1.807) is 7.11 Å². The van der Waals surface area contributed by atoms with Crippen LogP contribution in [-0.4, -0.2) is 21.6 Å². The molecule has 0 atom stereocenters. The Bertz CT molecular complexity index is 419. The first-order valence-corrected chi connectivity index (χ1v) is 6.82. The third-order valence-electron chi connectivity index (χ3n) is 1.97. The second kappa shape index (κ2) is 4.35. The van der Waals surface area contributed by atoms with E-state index in [4.69, 9.17) is 4.74 Å². The third-order valence-corrected chi connectivity index (χ3v) is 5.24. The van der Waals surface area contributed by atoms with E-state index in [-0.39, 0.29) is 0 Å². The Morgan fingerprint density at radius 2 is 1.86 bits per heavy atom. The van der Waals surface area contributed by atoms with Crippen molar-refractivity contribution < 1.29 is 4.74 Å². The van der Waals surface area contributed by atoms with Gasteiger partial charge in [-0.05, 0) is 0 Å². The molecule has 14 heavy (non-hydrogen) atoms. The van der Waals surface area contributed by atoms with Gasteiger partial charge in [-0.1, -0.05) is 0 Å². The summed E-state index contributed by atoms with van der Waals surface area (Å²) < 4.78 is 7.73. The zero-order chi connectivity index (χ0) is 9.97. The molecule has 1 aromatic carbocycles. The van der Waals surface area contributed by atoms with Crippen molar-refractivity contribution in [3.8, 4) is 15.8 Å². The molecule has 0 fully saturated rings. The van der Waals surface area contributed by atoms with Gasteiger partial charge in [0.2, 0.25) is 0 Å². The molecule has 0 aliphatic rings. The van der Waals surface area contributed by atoms with Gasteiger partial charge >= 0.3 is 97.8 Å². The summed E-state index contributed by atoms with van der Waals surface area (Å²) in [6.45, 7) is 0. The topological polar surface area (TPSA) is 9.23 Å². The van der Waals surface area contributed by atoms with Crippen LogP contribution >= 0.6 is 15.9 Å². The fraction of sp³-hybridized carbons (Fsp3) is 0.0909. The molecule has 1 nitrogen and oxygen atoms in total. The predicted molar refractivity (Wildman–Crippen MR) is 63.1 cm³/mol. The summed E-state index contributed by atoms with van der Waals surface area (Å²) in [6.07, 6.45) is 0. The van der Waals surface area contributed by atoms with Gasteiger partial charge in [0.25, 0.3) is 0 Å². The number of benzene rings is 1. The average molecular weight is 316 g/mol. The molecule has 2 rings (SSSR count). The van der Waals surface area contributed by atoms with Crippen LogP contribution in [0.4, 0.5) is 0 Å². The van der Waals surface area contributed by atoms with Crippen molar-refractivity contribution in [2.45, 2.75) is 0 Å². The van der Waals surface area contributed by atoms with Crippen LogP contribution in [0.25, 0.3) is 10.0 Å². The van der Waals surface area contributed by atoms with Crippen molar-refractivity contribution in [2.24, 2.45) is 0 Å². The number of halogens is 1. The van der Waals surface area contributed by atoms with Crippen molar-refractivity contribution in [1.29, 1.82) is 0 Å². The molecule has 0 radical (unpaired) electrons. The third kappa shape index (κ3) is 1.95. The standard InChI is InChI=1S/C11H9BrOSe/c1-13-9-4-2-8(3-5-9)11-10(12)6-7-14-11/h2-7H,1H3. The van der Waals surface area contributed by atoms with Gasteiger partial charge in [-0.25, -0.2) is 0 Å². The quantitative estimate of drug-likeness (QED) is 0.773. The number of ether oxygens (including phenoxy) is 1. The molecule has 72 valence electrons. The van der Waals surface area contributed by atoms with Gasteiger partial charge < -0.3 is 0 Å². The number of methoxy groups -OCH3 is 1. The van der Waals surface area contributed by atoms with Gasteiger partial charge in [0.15, 0.2) is 0 Å². The molecule has 0 spiro atoms. The van der Waals surface area contributed by atoms with E-state index in [2.05, 4.69) is 39.1 Å². The molecule has 3 heteroatoms. The normalized spacial score (nSPS) is 10.1. The molecule has 0 unspecified atom stereocenters. The van der Waals surface area contributed by atoms with Crippen LogP contribution in [0.5, 0.6) is 5.75 Å². The number of rotatable bonds is 2. The molecular weight excluding hydrogens is 307 g/mol. The Morgan fingerprint density at radius 3 is 2.36 bits per heavy atom. The number of hydrogen-bond acceptors (Lipinski definition) is 1. The molecule has 0 amide bonds. The Labute approximate surface area is 97.6 Å². The molecule has 0 aliphatic carbocycles. The minimum absolute atomic E-state index is 0.466. The second-order valence-corrected chi connectivity index (χ2v) is 5.60. The maximum absolute atomic E-state index is 5.12. The van der Waals surface area contributed by atoms with Crippen molar-refractivity contribution >= 4 is 30.4 Å². The van der Waals surface area contributed by atoms with E-state index in [0.29, 0.717) is 14.5 Å². The van der Waals surface area contributed by atoms with Crippen LogP contribution in [0.15, 0.2) is 39.7 Å². The molecular formula is C11H9BrOSe. The fourth-order valence-electron chi connectivity index (χ4n) is 1.24. The van der Waals surface area contributed by atoms with E-state index < -0.39 is 0 Å². The first-order chi connectivity index (χ1) is 6.81. The summed E-state index contributed by atoms with van der Waals surface area (Å²) in [5.41, 5.74) is 1.28. The first-order valence-electron chi connectivity index (χ1n) is 4.18. The van der Waals surface area contributed by atoms with Crippen LogP contribution in [0.3, 0.4) is 0 Å². The first kappa shape index (κ1) is 10.0. The van der Waals surface area contributed by atoms with Crippen LogP contribution in [-0.2, 0) is 0 Å². The summed E-state index contributed by atoms with van der Waals surface area (Å²) in [4.78, 5) is 2.22. The minimum atomic E-state index is 0.466. The summed E-state index contributed by atoms with van der Waals surface area (Å²) >= 11 is 4.02. The molecule has 2 aromatic rings. The maximum atomic E-state index is 5.12. The van der Waals surface area contributed by atoms with Gasteiger partial charge in [-0.15, -0.1) is 0 Å². The van der Waals surface area contributed by atoms with E-state index in [0.717, 1.165) is 5.75 Å². The van der Waals surface area contributed by atoms with E-state index in [1.807, 2.05) is 12.1 Å². The molecule has 0 saturated heterocycles. The predicted octanol–water partition coefficient (Wildman–Crippen LogP) is 3.18. The zero-order valence-electron chi connectivity index (χ0n) is 7.66. The van der Waals surface area contributed by atoms with Crippen LogP contribution in [0.2, 0.25) is 0 Å². The Morgan fingerprint density at radius 1 is 1.14 bits per heavy atom. The van der Waals surface area contributed by atoms with Crippen LogP contribution in [0.1, 0.15) is 0 Å².